The monoisotopic (exact) mass is 369 g/mol. The zero-order valence-electron chi connectivity index (χ0n) is 13.0. The van der Waals surface area contributed by atoms with Gasteiger partial charge in [-0.3, -0.25) is 4.90 Å². The minimum atomic E-state index is -1.47. The molecule has 1 aliphatic heterocycles. The van der Waals surface area contributed by atoms with Gasteiger partial charge in [0.1, 0.15) is 18.1 Å². The molecule has 0 aliphatic carbocycles. The van der Waals surface area contributed by atoms with E-state index in [-0.39, 0.29) is 12.3 Å². The Hall–Kier alpha value is -2.10. The number of amides is 1. The lowest BCUT2D eigenvalue weighted by molar-refractivity contribution is 0.103. The molecule has 2 rings (SSSR count). The third-order valence-electron chi connectivity index (χ3n) is 3.69. The molecule has 2 N–H and O–H groups in total. The lowest BCUT2D eigenvalue weighted by atomic mass is 9.92. The van der Waals surface area contributed by atoms with Crippen molar-refractivity contribution in [2.75, 3.05) is 20.3 Å². The van der Waals surface area contributed by atoms with Gasteiger partial charge in [0.25, 0.3) is 0 Å². The maximum atomic E-state index is 12.2. The van der Waals surface area contributed by atoms with Crippen LogP contribution in [-0.2, 0) is 9.73 Å². The van der Waals surface area contributed by atoms with E-state index in [1.807, 2.05) is 0 Å². The average Bonchev–Trinajstić information content (AvgIpc) is 2.60. The molecule has 1 amide bonds. The van der Waals surface area contributed by atoms with E-state index < -0.39 is 16.5 Å². The first kappa shape index (κ1) is 18.2. The maximum Gasteiger partial charge on any atom is 0.411 e. The number of nitrogens with zero attached hydrogens (tertiary/aromatic N) is 2. The van der Waals surface area contributed by atoms with Gasteiger partial charge in [0, 0.05) is 12.1 Å². The number of hydrazone groups is 1. The van der Waals surface area contributed by atoms with Crippen molar-refractivity contribution < 1.29 is 14.3 Å². The molecule has 1 aliphatic rings. The van der Waals surface area contributed by atoms with Crippen LogP contribution in [0.2, 0.25) is 0 Å². The average molecular weight is 370 g/mol. The van der Waals surface area contributed by atoms with Gasteiger partial charge in [0.2, 0.25) is 0 Å². The Morgan fingerprint density at radius 3 is 3.00 bits per heavy atom. The van der Waals surface area contributed by atoms with Crippen LogP contribution in [0.25, 0.3) is 0 Å². The minimum absolute atomic E-state index is 0.107. The van der Waals surface area contributed by atoms with Crippen LogP contribution in [0.4, 0.5) is 4.79 Å². The number of piperidine rings is 1. The van der Waals surface area contributed by atoms with E-state index in [2.05, 4.69) is 11.0 Å². The quantitative estimate of drug-likeness (QED) is 0.292. The summed E-state index contributed by atoms with van der Waals surface area (Å²) in [6.45, 7) is 0.397. The van der Waals surface area contributed by atoms with Gasteiger partial charge in [-0.2, -0.15) is 5.10 Å². The van der Waals surface area contributed by atoms with Crippen LogP contribution in [0.3, 0.4) is 0 Å². The molecule has 2 unspecified atom stereocenters. The number of terminal acetylenes is 1. The van der Waals surface area contributed by atoms with Crippen molar-refractivity contribution in [2.45, 2.75) is 16.8 Å². The third-order valence-corrected chi connectivity index (χ3v) is 4.73. The van der Waals surface area contributed by atoms with Gasteiger partial charge >= 0.3 is 6.09 Å². The number of rotatable bonds is 3. The van der Waals surface area contributed by atoms with Crippen molar-refractivity contribution in [2.24, 2.45) is 10.9 Å². The van der Waals surface area contributed by atoms with Crippen LogP contribution in [-0.4, -0.2) is 42.3 Å². The summed E-state index contributed by atoms with van der Waals surface area (Å²) in [5, 5.41) is 3.24. The van der Waals surface area contributed by atoms with Gasteiger partial charge in [0.15, 0.2) is 5.00 Å². The fraction of sp³-hybridized carbons (Fsp3) is 0.375. The Kier molecular flexibility index (Phi) is 5.81. The Labute approximate surface area is 150 Å². The second-order valence-electron chi connectivity index (χ2n) is 5.03. The molecule has 6 nitrogen and oxygen atoms in total. The summed E-state index contributed by atoms with van der Waals surface area (Å²) in [6, 6.07) is 6.85. The van der Waals surface area contributed by atoms with Gasteiger partial charge in [0.05, 0.1) is 12.5 Å². The molecule has 0 saturated carbocycles. The van der Waals surface area contributed by atoms with Crippen LogP contribution >= 0.6 is 23.2 Å². The number of methoxy groups -OCH3 is 1. The summed E-state index contributed by atoms with van der Waals surface area (Å²) >= 11 is 13.2. The van der Waals surface area contributed by atoms with Gasteiger partial charge in [-0.05, 0) is 18.6 Å². The zero-order valence-corrected chi connectivity index (χ0v) is 14.5. The maximum absolute atomic E-state index is 12.2. The highest BCUT2D eigenvalue weighted by Crippen LogP contribution is 2.42. The summed E-state index contributed by atoms with van der Waals surface area (Å²) in [5.41, 5.74) is 0.787. The van der Waals surface area contributed by atoms with Crippen molar-refractivity contribution in [3.8, 4) is 18.1 Å². The van der Waals surface area contributed by atoms with E-state index in [0.29, 0.717) is 24.3 Å². The molecular formula is C16H17Cl2N3O3. The molecule has 1 fully saturated rings. The molecule has 1 aromatic carbocycles. The molecule has 1 aromatic rings. The number of ether oxygens (including phenoxy) is 2. The van der Waals surface area contributed by atoms with E-state index in [9.17, 15) is 4.79 Å². The molecule has 0 spiro atoms. The first-order chi connectivity index (χ1) is 11.5. The zero-order chi connectivity index (χ0) is 17.7. The van der Waals surface area contributed by atoms with E-state index in [0.717, 1.165) is 0 Å². The molecular weight excluding hydrogens is 353 g/mol. The molecule has 0 radical (unpaired) electrons. The second kappa shape index (κ2) is 7.65. The van der Waals surface area contributed by atoms with E-state index in [4.69, 9.17) is 44.9 Å². The Balaban J connectivity index is 2.54. The number of likely N-dealkylation sites (tertiary alicyclic amines) is 1. The number of hydrogen-bond acceptors (Lipinski definition) is 5. The van der Waals surface area contributed by atoms with E-state index in [1.165, 1.54) is 12.0 Å². The molecule has 128 valence electrons. The molecule has 8 heteroatoms. The van der Waals surface area contributed by atoms with Gasteiger partial charge in [-0.15, -0.1) is 18.0 Å². The highest BCUT2D eigenvalue weighted by molar-refractivity contribution is 6.44. The Bertz CT molecular complexity index is 689. The molecule has 2 atom stereocenters. The number of carbonyl (C=O) groups is 1. The number of carbonyl (C=O) groups excluding carboxylic acids is 1. The largest absolute Gasteiger partial charge is 0.481 e. The van der Waals surface area contributed by atoms with Crippen LogP contribution in [0.5, 0.6) is 5.75 Å². The Morgan fingerprint density at radius 1 is 1.62 bits per heavy atom. The molecule has 24 heavy (non-hydrogen) atoms. The lowest BCUT2D eigenvalue weighted by Crippen LogP contribution is -2.58. The number of halogens is 2. The summed E-state index contributed by atoms with van der Waals surface area (Å²) in [7, 11) is 1.28. The normalized spacial score (nSPS) is 25.2. The summed E-state index contributed by atoms with van der Waals surface area (Å²) in [4.78, 5) is 12.1. The van der Waals surface area contributed by atoms with Crippen molar-refractivity contribution in [1.29, 1.82) is 0 Å². The number of nitrogens with two attached hydrogens (primary N) is 1. The van der Waals surface area contributed by atoms with Crippen molar-refractivity contribution >= 4 is 35.0 Å². The second-order valence-corrected chi connectivity index (χ2v) is 6.11. The summed E-state index contributed by atoms with van der Waals surface area (Å²) < 4.78 is 10.3. The van der Waals surface area contributed by atoms with Crippen LogP contribution < -0.4 is 10.6 Å². The van der Waals surface area contributed by atoms with Gasteiger partial charge in [-0.25, -0.2) is 4.79 Å². The highest BCUT2D eigenvalue weighted by atomic mass is 35.5. The third kappa shape index (κ3) is 3.23. The van der Waals surface area contributed by atoms with Crippen LogP contribution in [0.15, 0.2) is 29.4 Å². The number of benzene rings is 1. The molecule has 1 heterocycles. The topological polar surface area (TPSA) is 77.2 Å². The first-order valence-corrected chi connectivity index (χ1v) is 7.94. The number of alkyl halides is 2. The first-order valence-electron chi connectivity index (χ1n) is 7.12. The molecule has 0 bridgehead atoms. The van der Waals surface area contributed by atoms with Gasteiger partial charge < -0.3 is 15.3 Å². The SMILES string of the molecule is C#CCOc1cccc(C2(Cl)C(=NN)C(Cl)CCN2C(=O)OC)c1. The highest BCUT2D eigenvalue weighted by Gasteiger charge is 2.50. The predicted molar refractivity (Wildman–Crippen MR) is 93.3 cm³/mol. The smallest absolute Gasteiger partial charge is 0.411 e. The van der Waals surface area contributed by atoms with E-state index in [1.54, 1.807) is 24.3 Å². The summed E-state index contributed by atoms with van der Waals surface area (Å²) in [6.07, 6.45) is 5.05. The standard InChI is InChI=1S/C16H17Cl2N3O3/c1-3-9-24-12-6-4-5-11(10-12)16(18)14(20-19)13(17)7-8-21(16)15(22)23-2/h1,4-6,10,13H,7-9,19H2,2H3. The van der Waals surface area contributed by atoms with Crippen LogP contribution in [0, 0.1) is 12.3 Å². The van der Waals surface area contributed by atoms with Crippen molar-refractivity contribution in [3.05, 3.63) is 29.8 Å². The fourth-order valence-corrected chi connectivity index (χ4v) is 3.41. The van der Waals surface area contributed by atoms with Crippen LogP contribution in [0.1, 0.15) is 12.0 Å². The van der Waals surface area contributed by atoms with Crippen molar-refractivity contribution in [1.82, 2.24) is 4.90 Å². The Morgan fingerprint density at radius 2 is 2.38 bits per heavy atom. The predicted octanol–water partition coefficient (Wildman–Crippen LogP) is 2.48. The minimum Gasteiger partial charge on any atom is -0.481 e. The fourth-order valence-electron chi connectivity index (χ4n) is 2.59. The molecule has 1 saturated heterocycles. The van der Waals surface area contributed by atoms with E-state index >= 15 is 0 Å². The summed E-state index contributed by atoms with van der Waals surface area (Å²) in [5.74, 6) is 8.40. The number of hydrogen-bond donors (Lipinski definition) is 1. The van der Waals surface area contributed by atoms with Crippen molar-refractivity contribution in [3.63, 3.8) is 0 Å². The molecule has 0 aromatic heterocycles. The van der Waals surface area contributed by atoms with Gasteiger partial charge in [-0.1, -0.05) is 29.7 Å². The lowest BCUT2D eigenvalue weighted by Gasteiger charge is -2.44.